The van der Waals surface area contributed by atoms with Gasteiger partial charge in [0, 0.05) is 0 Å². The van der Waals surface area contributed by atoms with Crippen LogP contribution >= 0.6 is 0 Å². The molecule has 0 bridgehead atoms. The number of nitrogens with one attached hydrogen (secondary N) is 2. The van der Waals surface area contributed by atoms with E-state index >= 15 is 0 Å². The van der Waals surface area contributed by atoms with Crippen LogP contribution < -0.4 is 10.6 Å². The van der Waals surface area contributed by atoms with E-state index in [0.717, 1.165) is 12.2 Å². The average Bonchev–Trinajstić information content (AvgIpc) is 2.69. The standard InChI is InChI=1S/C13H18N2O4/c1-9-3-4-10(19-9)8-14-12(18)15-13(5-2-6-13)7-11(16)17/h3-4H,2,5-8H2,1H3,(H,16,17)(H2,14,15,18). The van der Waals surface area contributed by atoms with E-state index in [1.165, 1.54) is 0 Å². The number of furan rings is 1. The van der Waals surface area contributed by atoms with Crippen LogP contribution in [0.3, 0.4) is 0 Å². The van der Waals surface area contributed by atoms with Gasteiger partial charge in [0.25, 0.3) is 0 Å². The molecule has 6 nitrogen and oxygen atoms in total. The zero-order valence-corrected chi connectivity index (χ0v) is 10.9. The van der Waals surface area contributed by atoms with Crippen LogP contribution in [-0.4, -0.2) is 22.6 Å². The van der Waals surface area contributed by atoms with Gasteiger partial charge in [-0.2, -0.15) is 0 Å². The minimum absolute atomic E-state index is 0.0275. The third-order valence-electron chi connectivity index (χ3n) is 3.40. The maximum Gasteiger partial charge on any atom is 0.315 e. The van der Waals surface area contributed by atoms with E-state index < -0.39 is 11.5 Å². The predicted molar refractivity (Wildman–Crippen MR) is 67.7 cm³/mol. The Kier molecular flexibility index (Phi) is 3.78. The molecule has 0 saturated heterocycles. The van der Waals surface area contributed by atoms with Gasteiger partial charge in [-0.05, 0) is 38.3 Å². The number of carboxylic acid groups (broad SMARTS) is 1. The van der Waals surface area contributed by atoms with Gasteiger partial charge in [-0.1, -0.05) is 0 Å². The van der Waals surface area contributed by atoms with E-state index in [-0.39, 0.29) is 12.5 Å². The first-order valence-corrected chi connectivity index (χ1v) is 6.32. The van der Waals surface area contributed by atoms with Crippen LogP contribution in [0.4, 0.5) is 4.79 Å². The molecule has 2 amide bonds. The van der Waals surface area contributed by atoms with Crippen molar-refractivity contribution >= 4 is 12.0 Å². The van der Waals surface area contributed by atoms with Crippen molar-refractivity contribution in [3.05, 3.63) is 23.7 Å². The van der Waals surface area contributed by atoms with Gasteiger partial charge >= 0.3 is 12.0 Å². The first-order chi connectivity index (χ1) is 8.99. The lowest BCUT2D eigenvalue weighted by molar-refractivity contribution is -0.139. The summed E-state index contributed by atoms with van der Waals surface area (Å²) in [6.07, 6.45) is 2.35. The van der Waals surface area contributed by atoms with Gasteiger partial charge in [0.1, 0.15) is 11.5 Å². The Labute approximate surface area is 111 Å². The Morgan fingerprint density at radius 1 is 1.42 bits per heavy atom. The summed E-state index contributed by atoms with van der Waals surface area (Å²) in [5.41, 5.74) is -0.574. The van der Waals surface area contributed by atoms with E-state index in [1.54, 1.807) is 6.07 Å². The molecule has 0 unspecified atom stereocenters. The van der Waals surface area contributed by atoms with Crippen molar-refractivity contribution in [2.45, 2.75) is 44.7 Å². The van der Waals surface area contributed by atoms with Crippen molar-refractivity contribution in [1.29, 1.82) is 0 Å². The van der Waals surface area contributed by atoms with Crippen molar-refractivity contribution in [2.24, 2.45) is 0 Å². The average molecular weight is 266 g/mol. The summed E-state index contributed by atoms with van der Waals surface area (Å²) in [6.45, 7) is 2.13. The topological polar surface area (TPSA) is 91.6 Å². The molecule has 1 aliphatic carbocycles. The number of carbonyl (C=O) groups is 2. The van der Waals surface area contributed by atoms with Crippen molar-refractivity contribution in [1.82, 2.24) is 10.6 Å². The smallest absolute Gasteiger partial charge is 0.315 e. The Hall–Kier alpha value is -1.98. The number of aliphatic carboxylic acids is 1. The molecule has 1 aromatic heterocycles. The fraction of sp³-hybridized carbons (Fsp3) is 0.538. The van der Waals surface area contributed by atoms with E-state index in [1.807, 2.05) is 13.0 Å². The maximum absolute atomic E-state index is 11.8. The summed E-state index contributed by atoms with van der Waals surface area (Å²) >= 11 is 0. The monoisotopic (exact) mass is 266 g/mol. The van der Waals surface area contributed by atoms with Gasteiger partial charge in [-0.25, -0.2) is 4.79 Å². The third-order valence-corrected chi connectivity index (χ3v) is 3.40. The highest BCUT2D eigenvalue weighted by Crippen LogP contribution is 2.34. The van der Waals surface area contributed by atoms with E-state index in [9.17, 15) is 9.59 Å². The highest BCUT2D eigenvalue weighted by Gasteiger charge is 2.40. The molecule has 1 heterocycles. The van der Waals surface area contributed by atoms with Crippen LogP contribution in [0, 0.1) is 6.92 Å². The minimum Gasteiger partial charge on any atom is -0.481 e. The number of carboxylic acids is 1. The molecule has 6 heteroatoms. The first-order valence-electron chi connectivity index (χ1n) is 6.32. The number of amides is 2. The van der Waals surface area contributed by atoms with Crippen LogP contribution in [0.5, 0.6) is 0 Å². The SMILES string of the molecule is Cc1ccc(CNC(=O)NC2(CC(=O)O)CCC2)o1. The Bertz CT molecular complexity index is 477. The van der Waals surface area contributed by atoms with Crippen LogP contribution in [-0.2, 0) is 11.3 Å². The normalized spacial score (nSPS) is 16.5. The third kappa shape index (κ3) is 3.49. The number of hydrogen-bond acceptors (Lipinski definition) is 3. The maximum atomic E-state index is 11.8. The molecule has 1 saturated carbocycles. The van der Waals surface area contributed by atoms with Gasteiger partial charge in [0.2, 0.25) is 0 Å². The molecule has 0 spiro atoms. The van der Waals surface area contributed by atoms with E-state index in [2.05, 4.69) is 10.6 Å². The van der Waals surface area contributed by atoms with Crippen molar-refractivity contribution in [2.75, 3.05) is 0 Å². The summed E-state index contributed by atoms with van der Waals surface area (Å²) in [4.78, 5) is 22.5. The number of urea groups is 1. The fourth-order valence-corrected chi connectivity index (χ4v) is 2.27. The minimum atomic E-state index is -0.887. The van der Waals surface area contributed by atoms with E-state index in [0.29, 0.717) is 25.1 Å². The second-order valence-electron chi connectivity index (χ2n) is 5.02. The van der Waals surface area contributed by atoms with Crippen LogP contribution in [0.2, 0.25) is 0 Å². The number of hydrogen-bond donors (Lipinski definition) is 3. The van der Waals surface area contributed by atoms with E-state index in [4.69, 9.17) is 9.52 Å². The lowest BCUT2D eigenvalue weighted by Gasteiger charge is -2.41. The van der Waals surface area contributed by atoms with Crippen molar-refractivity contribution in [3.63, 3.8) is 0 Å². The fourth-order valence-electron chi connectivity index (χ4n) is 2.27. The van der Waals surface area contributed by atoms with Crippen LogP contribution in [0.1, 0.15) is 37.2 Å². The quantitative estimate of drug-likeness (QED) is 0.757. The summed E-state index contributed by atoms with van der Waals surface area (Å²) in [5, 5.41) is 14.3. The van der Waals surface area contributed by atoms with Gasteiger partial charge in [0.15, 0.2) is 0 Å². The molecule has 0 atom stereocenters. The largest absolute Gasteiger partial charge is 0.481 e. The predicted octanol–water partition coefficient (Wildman–Crippen LogP) is 1.78. The Morgan fingerprint density at radius 2 is 2.16 bits per heavy atom. The summed E-state index contributed by atoms with van der Waals surface area (Å²) in [6, 6.07) is 3.27. The molecule has 0 aliphatic heterocycles. The van der Waals surface area contributed by atoms with Crippen LogP contribution in [0.25, 0.3) is 0 Å². The molecular formula is C13H18N2O4. The molecule has 19 heavy (non-hydrogen) atoms. The highest BCUT2D eigenvalue weighted by atomic mass is 16.4. The highest BCUT2D eigenvalue weighted by molar-refractivity contribution is 5.77. The summed E-state index contributed by atoms with van der Waals surface area (Å²) in [7, 11) is 0. The number of aryl methyl sites for hydroxylation is 1. The van der Waals surface area contributed by atoms with Crippen molar-refractivity contribution < 1.29 is 19.1 Å². The molecule has 104 valence electrons. The molecular weight excluding hydrogens is 248 g/mol. The molecule has 2 rings (SSSR count). The summed E-state index contributed by atoms with van der Waals surface area (Å²) in [5.74, 6) is 0.578. The lowest BCUT2D eigenvalue weighted by atomic mass is 9.74. The van der Waals surface area contributed by atoms with Gasteiger partial charge in [0.05, 0.1) is 18.5 Å². The Morgan fingerprint density at radius 3 is 2.63 bits per heavy atom. The van der Waals surface area contributed by atoms with Gasteiger partial charge in [-0.15, -0.1) is 0 Å². The molecule has 1 fully saturated rings. The zero-order valence-electron chi connectivity index (χ0n) is 10.9. The first kappa shape index (κ1) is 13.5. The molecule has 3 N–H and O–H groups in total. The second-order valence-corrected chi connectivity index (χ2v) is 5.02. The van der Waals surface area contributed by atoms with Gasteiger partial charge < -0.3 is 20.2 Å². The zero-order chi connectivity index (χ0) is 13.9. The molecule has 1 aliphatic rings. The van der Waals surface area contributed by atoms with Crippen molar-refractivity contribution in [3.8, 4) is 0 Å². The molecule has 0 aromatic carbocycles. The Balaban J connectivity index is 1.81. The van der Waals surface area contributed by atoms with Gasteiger partial charge in [-0.3, -0.25) is 4.79 Å². The molecule has 0 radical (unpaired) electrons. The second kappa shape index (κ2) is 5.34. The lowest BCUT2D eigenvalue weighted by Crippen LogP contribution is -2.57. The molecule has 1 aromatic rings. The number of carbonyl (C=O) groups excluding carboxylic acids is 1. The van der Waals surface area contributed by atoms with Crippen LogP contribution in [0.15, 0.2) is 16.5 Å². The summed E-state index contributed by atoms with van der Waals surface area (Å²) < 4.78 is 5.33. The number of rotatable bonds is 5.